The average molecular weight is 392 g/mol. The SMILES string of the molecule is C=Cc1cn(OOC(=O)Cc2ccc(F)cc2)c(=O)n(OC(=O)C(C)C)c1=O. The molecule has 1 aromatic carbocycles. The first-order valence-electron chi connectivity index (χ1n) is 8.08. The zero-order valence-corrected chi connectivity index (χ0v) is 15.1. The van der Waals surface area contributed by atoms with Gasteiger partial charge in [0.1, 0.15) is 5.82 Å². The Morgan fingerprint density at radius 2 is 1.86 bits per heavy atom. The van der Waals surface area contributed by atoms with Gasteiger partial charge in [0, 0.05) is 0 Å². The number of halogens is 1. The summed E-state index contributed by atoms with van der Waals surface area (Å²) >= 11 is 0. The third-order valence-corrected chi connectivity index (χ3v) is 3.39. The monoisotopic (exact) mass is 392 g/mol. The zero-order chi connectivity index (χ0) is 20.8. The van der Waals surface area contributed by atoms with E-state index in [0.717, 1.165) is 12.3 Å². The molecule has 0 spiro atoms. The lowest BCUT2D eigenvalue weighted by molar-refractivity contribution is -0.275. The highest BCUT2D eigenvalue weighted by molar-refractivity contribution is 5.72. The van der Waals surface area contributed by atoms with Crippen LogP contribution in [0.1, 0.15) is 25.0 Å². The lowest BCUT2D eigenvalue weighted by atomic mass is 10.1. The van der Waals surface area contributed by atoms with Gasteiger partial charge in [-0.1, -0.05) is 48.1 Å². The van der Waals surface area contributed by atoms with Crippen LogP contribution in [0.3, 0.4) is 0 Å². The lowest BCUT2D eigenvalue weighted by Gasteiger charge is -2.11. The second-order valence-electron chi connectivity index (χ2n) is 5.89. The van der Waals surface area contributed by atoms with Crippen LogP contribution in [0.2, 0.25) is 0 Å². The van der Waals surface area contributed by atoms with Crippen LogP contribution < -0.4 is 21.1 Å². The Kier molecular flexibility index (Phi) is 6.48. The van der Waals surface area contributed by atoms with Crippen LogP contribution in [0.5, 0.6) is 0 Å². The standard InChI is InChI=1S/C18H17FN2O7/c1-4-13-10-20(18(25)21(16(13)23)26-17(24)11(2)3)28-27-15(22)9-12-5-7-14(19)8-6-12/h4-8,10-11H,1,9H2,2-3H3. The van der Waals surface area contributed by atoms with Gasteiger partial charge in [0.15, 0.2) is 0 Å². The largest absolute Gasteiger partial charge is 0.401 e. The molecule has 2 aromatic rings. The second-order valence-corrected chi connectivity index (χ2v) is 5.89. The Morgan fingerprint density at radius 3 is 2.43 bits per heavy atom. The molecule has 0 unspecified atom stereocenters. The van der Waals surface area contributed by atoms with E-state index < -0.39 is 34.9 Å². The molecule has 0 fully saturated rings. The van der Waals surface area contributed by atoms with Gasteiger partial charge < -0.3 is 4.84 Å². The molecule has 148 valence electrons. The minimum Gasteiger partial charge on any atom is -0.328 e. The lowest BCUT2D eigenvalue weighted by Crippen LogP contribution is -2.48. The number of rotatable bonds is 7. The van der Waals surface area contributed by atoms with Crippen LogP contribution in [0.15, 0.2) is 46.6 Å². The fraction of sp³-hybridized carbons (Fsp3) is 0.222. The van der Waals surface area contributed by atoms with Gasteiger partial charge >= 0.3 is 17.6 Å². The highest BCUT2D eigenvalue weighted by Crippen LogP contribution is 2.04. The van der Waals surface area contributed by atoms with E-state index in [1.165, 1.54) is 38.1 Å². The number of hydrogen-bond acceptors (Lipinski definition) is 7. The van der Waals surface area contributed by atoms with E-state index in [4.69, 9.17) is 4.84 Å². The van der Waals surface area contributed by atoms with Crippen molar-refractivity contribution in [2.45, 2.75) is 20.3 Å². The highest BCUT2D eigenvalue weighted by atomic mass is 19.1. The minimum absolute atomic E-state index is 0.147. The molecule has 0 saturated heterocycles. The van der Waals surface area contributed by atoms with Crippen molar-refractivity contribution in [3.8, 4) is 0 Å². The smallest absolute Gasteiger partial charge is 0.328 e. The molecule has 0 aliphatic rings. The fourth-order valence-electron chi connectivity index (χ4n) is 1.88. The van der Waals surface area contributed by atoms with Crippen LogP contribution in [0.4, 0.5) is 4.39 Å². The van der Waals surface area contributed by atoms with Crippen molar-refractivity contribution in [3.05, 3.63) is 74.8 Å². The molecular weight excluding hydrogens is 375 g/mol. The first-order chi connectivity index (χ1) is 13.2. The number of benzene rings is 1. The molecule has 0 aliphatic carbocycles. The molecule has 9 nitrogen and oxygen atoms in total. The van der Waals surface area contributed by atoms with Crippen LogP contribution in [-0.2, 0) is 20.9 Å². The third-order valence-electron chi connectivity index (χ3n) is 3.39. The second kappa shape index (κ2) is 8.80. The van der Waals surface area contributed by atoms with Crippen LogP contribution >= 0.6 is 0 Å². The van der Waals surface area contributed by atoms with E-state index >= 15 is 0 Å². The summed E-state index contributed by atoms with van der Waals surface area (Å²) in [5, 5.41) is 0. The summed E-state index contributed by atoms with van der Waals surface area (Å²) in [6.45, 7) is 6.43. The Hall–Kier alpha value is -3.69. The molecule has 10 heteroatoms. The van der Waals surface area contributed by atoms with Gasteiger partial charge in [-0.25, -0.2) is 23.7 Å². The van der Waals surface area contributed by atoms with E-state index in [9.17, 15) is 23.6 Å². The van der Waals surface area contributed by atoms with Crippen molar-refractivity contribution in [3.63, 3.8) is 0 Å². The normalized spacial score (nSPS) is 10.4. The average Bonchev–Trinajstić information content (AvgIpc) is 2.66. The van der Waals surface area contributed by atoms with E-state index in [1.54, 1.807) is 0 Å². The number of nitrogens with zero attached hydrogens (tertiary/aromatic N) is 2. The first-order valence-corrected chi connectivity index (χ1v) is 8.08. The van der Waals surface area contributed by atoms with Crippen LogP contribution in [-0.4, -0.2) is 21.4 Å². The summed E-state index contributed by atoms with van der Waals surface area (Å²) in [6, 6.07) is 5.10. The number of carbonyl (C=O) groups excluding carboxylic acids is 2. The summed E-state index contributed by atoms with van der Waals surface area (Å²) in [6.07, 6.45) is 1.76. The molecule has 1 aromatic heterocycles. The molecule has 0 radical (unpaired) electrons. The molecule has 2 rings (SSSR count). The molecule has 28 heavy (non-hydrogen) atoms. The van der Waals surface area contributed by atoms with Crippen LogP contribution in [0, 0.1) is 11.7 Å². The topological polar surface area (TPSA) is 106 Å². The molecule has 0 N–H and O–H groups in total. The Labute approximate surface area is 158 Å². The highest BCUT2D eigenvalue weighted by Gasteiger charge is 2.18. The Morgan fingerprint density at radius 1 is 1.21 bits per heavy atom. The van der Waals surface area contributed by atoms with E-state index in [2.05, 4.69) is 16.5 Å². The van der Waals surface area contributed by atoms with Crippen LogP contribution in [0.25, 0.3) is 6.08 Å². The molecule has 0 amide bonds. The van der Waals surface area contributed by atoms with Gasteiger partial charge in [-0.15, -0.1) is 0 Å². The predicted octanol–water partition coefficient (Wildman–Crippen LogP) is 0.533. The maximum Gasteiger partial charge on any atom is 0.401 e. The van der Waals surface area contributed by atoms with Crippen molar-refractivity contribution in [1.29, 1.82) is 0 Å². The summed E-state index contributed by atoms with van der Waals surface area (Å²) in [5.74, 6) is -2.80. The van der Waals surface area contributed by atoms with Gasteiger partial charge in [0.05, 0.1) is 24.1 Å². The predicted molar refractivity (Wildman–Crippen MR) is 94.3 cm³/mol. The van der Waals surface area contributed by atoms with Gasteiger partial charge in [0.2, 0.25) is 0 Å². The van der Waals surface area contributed by atoms with Gasteiger partial charge in [-0.3, -0.25) is 4.79 Å². The Bertz CT molecular complexity index is 1010. The summed E-state index contributed by atoms with van der Waals surface area (Å²) in [4.78, 5) is 61.9. The zero-order valence-electron chi connectivity index (χ0n) is 15.1. The third kappa shape index (κ3) is 4.93. The molecule has 0 saturated carbocycles. The molecule has 0 bridgehead atoms. The van der Waals surface area contributed by atoms with Gasteiger partial charge in [-0.2, -0.15) is 4.99 Å². The van der Waals surface area contributed by atoms with Gasteiger partial charge in [0.25, 0.3) is 5.56 Å². The van der Waals surface area contributed by atoms with Crippen molar-refractivity contribution >= 4 is 18.0 Å². The summed E-state index contributed by atoms with van der Waals surface area (Å²) in [7, 11) is 0. The summed E-state index contributed by atoms with van der Waals surface area (Å²) < 4.78 is 13.4. The molecule has 0 aliphatic heterocycles. The number of aromatic nitrogens is 2. The van der Waals surface area contributed by atoms with E-state index in [1.807, 2.05) is 0 Å². The van der Waals surface area contributed by atoms with Crippen molar-refractivity contribution in [2.24, 2.45) is 5.92 Å². The van der Waals surface area contributed by atoms with E-state index in [0.29, 0.717) is 10.3 Å². The van der Waals surface area contributed by atoms with Crippen molar-refractivity contribution < 1.29 is 28.7 Å². The molecule has 0 atom stereocenters. The van der Waals surface area contributed by atoms with Gasteiger partial charge in [-0.05, 0) is 17.7 Å². The maximum absolute atomic E-state index is 12.9. The maximum atomic E-state index is 12.9. The van der Waals surface area contributed by atoms with Crippen molar-refractivity contribution in [2.75, 3.05) is 0 Å². The fourth-order valence-corrected chi connectivity index (χ4v) is 1.88. The Balaban J connectivity index is 2.20. The van der Waals surface area contributed by atoms with Crippen molar-refractivity contribution in [1.82, 2.24) is 9.46 Å². The number of carbonyl (C=O) groups is 2. The molecular formula is C18H17FN2O7. The van der Waals surface area contributed by atoms with E-state index in [-0.39, 0.29) is 16.7 Å². The minimum atomic E-state index is -1.21. The first kappa shape index (κ1) is 20.6. The molecule has 1 heterocycles. The number of hydrogen-bond donors (Lipinski definition) is 0. The summed E-state index contributed by atoms with van der Waals surface area (Å²) in [5.41, 5.74) is -1.85. The quantitative estimate of drug-likeness (QED) is 0.500.